The summed E-state index contributed by atoms with van der Waals surface area (Å²) in [6.45, 7) is 2.42. The zero-order valence-corrected chi connectivity index (χ0v) is 16.5. The van der Waals surface area contributed by atoms with Gasteiger partial charge < -0.3 is 10.6 Å². The van der Waals surface area contributed by atoms with Gasteiger partial charge in [0, 0.05) is 6.07 Å². The van der Waals surface area contributed by atoms with Crippen LogP contribution in [0.4, 0.5) is 8.78 Å². The van der Waals surface area contributed by atoms with Crippen LogP contribution in [0.3, 0.4) is 0 Å². The summed E-state index contributed by atoms with van der Waals surface area (Å²) >= 11 is 0. The molecule has 1 aliphatic heterocycles. The number of primary amides is 1. The normalized spacial score (nSPS) is 19.0. The van der Waals surface area contributed by atoms with Crippen LogP contribution >= 0.6 is 0 Å². The molecular weight excluding hydrogens is 376 g/mol. The molecule has 2 N–H and O–H groups in total. The second-order valence-corrected chi connectivity index (χ2v) is 7.48. The number of likely N-dealkylation sites (N-methyl/N-ethyl adjacent to an activating group) is 1. The molecule has 1 heterocycles. The highest BCUT2D eigenvalue weighted by Gasteiger charge is 2.40. The van der Waals surface area contributed by atoms with Crippen molar-refractivity contribution in [2.24, 2.45) is 5.73 Å². The van der Waals surface area contributed by atoms with Gasteiger partial charge in [-0.3, -0.25) is 14.5 Å². The molecule has 3 rings (SSSR count). The van der Waals surface area contributed by atoms with Gasteiger partial charge in [0.25, 0.3) is 0 Å². The molecule has 29 heavy (non-hydrogen) atoms. The molecule has 1 aliphatic rings. The van der Waals surface area contributed by atoms with E-state index >= 15 is 0 Å². The highest BCUT2D eigenvalue weighted by Crippen LogP contribution is 2.34. The molecule has 0 aromatic heterocycles. The third kappa shape index (κ3) is 4.45. The Hall–Kier alpha value is -2.80. The SMILES string of the molecule is C[C@H](c1cc(F)cc(F)c1)N(C(=O)[C@@H]1CCCN1C)[C@@H](C(N)=O)c1ccccc1. The molecule has 0 bridgehead atoms. The molecule has 5 nitrogen and oxygen atoms in total. The molecule has 7 heteroatoms. The number of nitrogens with zero attached hydrogens (tertiary/aromatic N) is 2. The van der Waals surface area contributed by atoms with E-state index < -0.39 is 35.7 Å². The standard InChI is InChI=1S/C22H25F2N3O2/c1-14(16-11-17(23)13-18(24)12-16)27(22(29)19-9-6-10-26(19)2)20(21(25)28)15-7-4-3-5-8-15/h3-5,7-8,11-14,19-20H,6,9-10H2,1-2H3,(H2,25,28)/t14-,19+,20-/m1/s1. The van der Waals surface area contributed by atoms with Gasteiger partial charge in [-0.05, 0) is 56.6 Å². The van der Waals surface area contributed by atoms with Crippen molar-refractivity contribution in [3.8, 4) is 0 Å². The number of nitrogens with two attached hydrogens (primary N) is 1. The summed E-state index contributed by atoms with van der Waals surface area (Å²) in [4.78, 5) is 29.3. The maximum absolute atomic E-state index is 13.9. The van der Waals surface area contributed by atoms with Gasteiger partial charge in [0.05, 0.1) is 12.1 Å². The summed E-state index contributed by atoms with van der Waals surface area (Å²) < 4.78 is 27.7. The average molecular weight is 401 g/mol. The first-order chi connectivity index (χ1) is 13.8. The molecule has 2 amide bonds. The number of hydrogen-bond donors (Lipinski definition) is 1. The second-order valence-electron chi connectivity index (χ2n) is 7.48. The van der Waals surface area contributed by atoms with Gasteiger partial charge in [-0.2, -0.15) is 0 Å². The van der Waals surface area contributed by atoms with E-state index in [0.29, 0.717) is 12.0 Å². The van der Waals surface area contributed by atoms with E-state index in [1.54, 1.807) is 37.3 Å². The maximum atomic E-state index is 13.9. The zero-order valence-electron chi connectivity index (χ0n) is 16.5. The molecular formula is C22H25F2N3O2. The van der Waals surface area contributed by atoms with Crippen molar-refractivity contribution in [1.29, 1.82) is 0 Å². The molecule has 1 saturated heterocycles. The van der Waals surface area contributed by atoms with Crippen molar-refractivity contribution in [2.75, 3.05) is 13.6 Å². The minimum absolute atomic E-state index is 0.263. The van der Waals surface area contributed by atoms with Crippen LogP contribution in [0.15, 0.2) is 48.5 Å². The van der Waals surface area contributed by atoms with Crippen LogP contribution in [0.1, 0.15) is 43.0 Å². The van der Waals surface area contributed by atoms with E-state index in [-0.39, 0.29) is 11.5 Å². The van der Waals surface area contributed by atoms with E-state index in [2.05, 4.69) is 0 Å². The highest BCUT2D eigenvalue weighted by molar-refractivity contribution is 5.90. The Morgan fingerprint density at radius 3 is 2.24 bits per heavy atom. The number of halogens is 2. The van der Waals surface area contributed by atoms with Gasteiger partial charge in [-0.15, -0.1) is 0 Å². The monoisotopic (exact) mass is 401 g/mol. The number of benzene rings is 2. The van der Waals surface area contributed by atoms with Crippen molar-refractivity contribution in [2.45, 2.75) is 37.9 Å². The first-order valence-corrected chi connectivity index (χ1v) is 9.62. The maximum Gasteiger partial charge on any atom is 0.244 e. The Morgan fingerprint density at radius 2 is 1.72 bits per heavy atom. The van der Waals surface area contributed by atoms with Crippen LogP contribution in [-0.4, -0.2) is 41.2 Å². The molecule has 3 atom stereocenters. The van der Waals surface area contributed by atoms with Crippen LogP contribution in [0.5, 0.6) is 0 Å². The number of amides is 2. The minimum Gasteiger partial charge on any atom is -0.368 e. The fourth-order valence-electron chi connectivity index (χ4n) is 4.01. The summed E-state index contributed by atoms with van der Waals surface area (Å²) in [6.07, 6.45) is 1.51. The van der Waals surface area contributed by atoms with E-state index in [0.717, 1.165) is 19.0 Å². The Balaban J connectivity index is 2.09. The molecule has 0 saturated carbocycles. The third-order valence-electron chi connectivity index (χ3n) is 5.51. The van der Waals surface area contributed by atoms with Crippen molar-refractivity contribution in [1.82, 2.24) is 9.80 Å². The van der Waals surface area contributed by atoms with Gasteiger partial charge >= 0.3 is 0 Å². The lowest BCUT2D eigenvalue weighted by Crippen LogP contribution is -2.50. The summed E-state index contributed by atoms with van der Waals surface area (Å²) in [5, 5.41) is 0. The predicted molar refractivity (Wildman–Crippen MR) is 106 cm³/mol. The minimum atomic E-state index is -1.06. The Bertz CT molecular complexity index is 871. The van der Waals surface area contributed by atoms with E-state index in [4.69, 9.17) is 5.73 Å². The van der Waals surface area contributed by atoms with Crippen LogP contribution in [-0.2, 0) is 9.59 Å². The van der Waals surface area contributed by atoms with Crippen LogP contribution < -0.4 is 5.73 Å². The van der Waals surface area contributed by atoms with Crippen LogP contribution in [0, 0.1) is 11.6 Å². The number of rotatable bonds is 6. The molecule has 0 unspecified atom stereocenters. The van der Waals surface area contributed by atoms with Crippen molar-refractivity contribution in [3.63, 3.8) is 0 Å². The molecule has 0 spiro atoms. The second kappa shape index (κ2) is 8.69. The van der Waals surface area contributed by atoms with Gasteiger partial charge in [-0.1, -0.05) is 30.3 Å². The smallest absolute Gasteiger partial charge is 0.244 e. The quantitative estimate of drug-likeness (QED) is 0.809. The van der Waals surface area contributed by atoms with E-state index in [1.807, 2.05) is 11.9 Å². The van der Waals surface area contributed by atoms with Gasteiger partial charge in [0.15, 0.2) is 0 Å². The van der Waals surface area contributed by atoms with Crippen LogP contribution in [0.25, 0.3) is 0 Å². The number of hydrogen-bond acceptors (Lipinski definition) is 3. The molecule has 1 fully saturated rings. The third-order valence-corrected chi connectivity index (χ3v) is 5.51. The summed E-state index contributed by atoms with van der Waals surface area (Å²) in [5.74, 6) is -2.47. The molecule has 0 radical (unpaired) electrons. The van der Waals surface area contributed by atoms with Gasteiger partial charge in [0.1, 0.15) is 17.7 Å². The lowest BCUT2D eigenvalue weighted by molar-refractivity contribution is -0.145. The average Bonchev–Trinajstić information content (AvgIpc) is 3.10. The Morgan fingerprint density at radius 1 is 1.10 bits per heavy atom. The lowest BCUT2D eigenvalue weighted by Gasteiger charge is -2.38. The van der Waals surface area contributed by atoms with Gasteiger partial charge in [0.2, 0.25) is 11.8 Å². The fourth-order valence-corrected chi connectivity index (χ4v) is 4.01. The number of likely N-dealkylation sites (tertiary alicyclic amines) is 1. The van der Waals surface area contributed by atoms with Crippen molar-refractivity contribution >= 4 is 11.8 Å². The highest BCUT2D eigenvalue weighted by atomic mass is 19.1. The van der Waals surface area contributed by atoms with E-state index in [9.17, 15) is 18.4 Å². The molecule has 2 aromatic rings. The summed E-state index contributed by atoms with van der Waals surface area (Å²) in [6, 6.07) is 9.62. The van der Waals surface area contributed by atoms with Crippen molar-refractivity contribution < 1.29 is 18.4 Å². The first-order valence-electron chi connectivity index (χ1n) is 9.62. The molecule has 154 valence electrons. The number of carbonyl (C=O) groups excluding carboxylic acids is 2. The van der Waals surface area contributed by atoms with E-state index in [1.165, 1.54) is 17.0 Å². The fraction of sp³-hybridized carbons (Fsp3) is 0.364. The largest absolute Gasteiger partial charge is 0.368 e. The van der Waals surface area contributed by atoms with Gasteiger partial charge in [-0.25, -0.2) is 8.78 Å². The Labute approximate surface area is 169 Å². The molecule has 2 aromatic carbocycles. The zero-order chi connectivity index (χ0) is 21.1. The Kier molecular flexibility index (Phi) is 6.27. The molecule has 0 aliphatic carbocycles. The number of carbonyl (C=O) groups is 2. The lowest BCUT2D eigenvalue weighted by atomic mass is 9.97. The topological polar surface area (TPSA) is 66.6 Å². The predicted octanol–water partition coefficient (Wildman–Crippen LogP) is 3.18. The van der Waals surface area contributed by atoms with Crippen LogP contribution in [0.2, 0.25) is 0 Å². The summed E-state index contributed by atoms with van der Waals surface area (Å²) in [7, 11) is 1.85. The first kappa shape index (κ1) is 20.9. The summed E-state index contributed by atoms with van der Waals surface area (Å²) in [5.41, 5.74) is 6.54. The van der Waals surface area contributed by atoms with Crippen molar-refractivity contribution in [3.05, 3.63) is 71.3 Å².